The van der Waals surface area contributed by atoms with E-state index in [0.717, 1.165) is 0 Å². The maximum absolute atomic E-state index is 12.2. The van der Waals surface area contributed by atoms with Gasteiger partial charge in [0.25, 0.3) is 0 Å². The van der Waals surface area contributed by atoms with Crippen LogP contribution in [0.4, 0.5) is 4.79 Å². The van der Waals surface area contributed by atoms with Crippen molar-refractivity contribution in [2.24, 2.45) is 5.92 Å². The van der Waals surface area contributed by atoms with Crippen molar-refractivity contribution < 1.29 is 19.5 Å². The molecule has 0 aromatic heterocycles. The highest BCUT2D eigenvalue weighted by Gasteiger charge is 2.38. The number of carboxylic acids is 1. The van der Waals surface area contributed by atoms with Crippen molar-refractivity contribution in [2.45, 2.75) is 25.8 Å². The van der Waals surface area contributed by atoms with E-state index < -0.39 is 11.9 Å². The Morgan fingerprint density at radius 2 is 2.05 bits per heavy atom. The molecule has 0 radical (unpaired) electrons. The number of nitrogens with one attached hydrogen (secondary N) is 1. The van der Waals surface area contributed by atoms with Gasteiger partial charge in [-0.05, 0) is 13.3 Å². The first-order chi connectivity index (χ1) is 8.88. The predicted molar refractivity (Wildman–Crippen MR) is 68.6 cm³/mol. The van der Waals surface area contributed by atoms with Crippen LogP contribution >= 0.6 is 0 Å². The number of carbonyl (C=O) groups is 3. The quantitative estimate of drug-likeness (QED) is 0.751. The molecule has 108 valence electrons. The number of carbonyl (C=O) groups excluding carboxylic acids is 2. The number of amides is 3. The molecule has 3 amide bonds. The van der Waals surface area contributed by atoms with E-state index in [2.05, 4.69) is 5.32 Å². The topological polar surface area (TPSA) is 90.0 Å². The summed E-state index contributed by atoms with van der Waals surface area (Å²) in [5.74, 6) is -1.50. The maximum Gasteiger partial charge on any atom is 0.320 e. The Morgan fingerprint density at radius 1 is 1.42 bits per heavy atom. The van der Waals surface area contributed by atoms with Crippen molar-refractivity contribution in [3.05, 3.63) is 0 Å². The molecule has 2 N–H and O–H groups in total. The Kier molecular flexibility index (Phi) is 5.14. The van der Waals surface area contributed by atoms with E-state index >= 15 is 0 Å². The van der Waals surface area contributed by atoms with E-state index in [-0.39, 0.29) is 24.4 Å². The molecule has 19 heavy (non-hydrogen) atoms. The first kappa shape index (κ1) is 15.3. The summed E-state index contributed by atoms with van der Waals surface area (Å²) in [6.07, 6.45) is 0.717. The summed E-state index contributed by atoms with van der Waals surface area (Å²) in [5, 5.41) is 11.5. The molecular weight excluding hydrogens is 250 g/mol. The van der Waals surface area contributed by atoms with Crippen molar-refractivity contribution in [1.82, 2.24) is 15.1 Å². The van der Waals surface area contributed by atoms with Crippen LogP contribution in [0.25, 0.3) is 0 Å². The molecule has 2 atom stereocenters. The lowest BCUT2D eigenvalue weighted by Crippen LogP contribution is -2.45. The molecule has 1 heterocycles. The molecule has 1 rings (SSSR count). The van der Waals surface area contributed by atoms with Crippen LogP contribution in [0.3, 0.4) is 0 Å². The minimum absolute atomic E-state index is 0.127. The highest BCUT2D eigenvalue weighted by atomic mass is 16.4. The van der Waals surface area contributed by atoms with Crippen LogP contribution in [0.1, 0.15) is 19.8 Å². The lowest BCUT2D eigenvalue weighted by atomic mass is 10.0. The Bertz CT molecular complexity index is 372. The minimum atomic E-state index is -0.865. The Balaban J connectivity index is 2.54. The third-order valence-corrected chi connectivity index (χ3v) is 3.60. The summed E-state index contributed by atoms with van der Waals surface area (Å²) in [5.41, 5.74) is 0. The van der Waals surface area contributed by atoms with Gasteiger partial charge in [-0.25, -0.2) is 4.79 Å². The van der Waals surface area contributed by atoms with Crippen LogP contribution in [0.15, 0.2) is 0 Å². The summed E-state index contributed by atoms with van der Waals surface area (Å²) < 4.78 is 0. The molecule has 0 bridgehead atoms. The smallest absolute Gasteiger partial charge is 0.320 e. The van der Waals surface area contributed by atoms with Gasteiger partial charge in [-0.2, -0.15) is 0 Å². The molecule has 1 fully saturated rings. The number of carboxylic acid groups (broad SMARTS) is 1. The number of nitrogens with zero attached hydrogens (tertiary/aromatic N) is 2. The molecule has 1 aliphatic rings. The van der Waals surface area contributed by atoms with Crippen molar-refractivity contribution in [1.29, 1.82) is 0 Å². The summed E-state index contributed by atoms with van der Waals surface area (Å²) in [6.45, 7) is 2.51. The van der Waals surface area contributed by atoms with Crippen LogP contribution in [0, 0.1) is 5.92 Å². The van der Waals surface area contributed by atoms with Crippen LogP contribution in [0.2, 0.25) is 0 Å². The molecule has 0 saturated carbocycles. The standard InChI is InChI=1S/C12H21N3O4/c1-8-9(11(17)18)4-7-15(8)12(19)14(3)6-5-10(16)13-2/h8-9H,4-7H2,1-3H3,(H,13,16)(H,17,18). The highest BCUT2D eigenvalue weighted by molar-refractivity contribution is 5.79. The van der Waals surface area contributed by atoms with Gasteiger partial charge in [0.1, 0.15) is 0 Å². The van der Waals surface area contributed by atoms with Gasteiger partial charge in [0.05, 0.1) is 5.92 Å². The number of hydrogen-bond acceptors (Lipinski definition) is 3. The van der Waals surface area contributed by atoms with Gasteiger partial charge in [-0.3, -0.25) is 9.59 Å². The minimum Gasteiger partial charge on any atom is -0.481 e. The van der Waals surface area contributed by atoms with Crippen LogP contribution in [-0.4, -0.2) is 66.0 Å². The van der Waals surface area contributed by atoms with E-state index in [9.17, 15) is 14.4 Å². The van der Waals surface area contributed by atoms with Gasteiger partial charge in [0, 0.05) is 39.6 Å². The number of rotatable bonds is 4. The molecule has 0 aromatic rings. The molecule has 0 aliphatic carbocycles. The summed E-state index contributed by atoms with van der Waals surface area (Å²) in [7, 11) is 3.16. The first-order valence-corrected chi connectivity index (χ1v) is 6.33. The van der Waals surface area contributed by atoms with Gasteiger partial charge in [0.15, 0.2) is 0 Å². The zero-order valence-corrected chi connectivity index (χ0v) is 11.5. The molecule has 1 saturated heterocycles. The van der Waals surface area contributed by atoms with Crippen molar-refractivity contribution >= 4 is 17.9 Å². The lowest BCUT2D eigenvalue weighted by Gasteiger charge is -2.28. The van der Waals surface area contributed by atoms with E-state index in [1.165, 1.54) is 4.90 Å². The zero-order valence-electron chi connectivity index (χ0n) is 11.5. The van der Waals surface area contributed by atoms with Crippen molar-refractivity contribution in [2.75, 3.05) is 27.2 Å². The van der Waals surface area contributed by atoms with Gasteiger partial charge >= 0.3 is 12.0 Å². The third-order valence-electron chi connectivity index (χ3n) is 3.60. The highest BCUT2D eigenvalue weighted by Crippen LogP contribution is 2.25. The Hall–Kier alpha value is -1.79. The fourth-order valence-corrected chi connectivity index (χ4v) is 2.25. The normalized spacial score (nSPS) is 22.2. The van der Waals surface area contributed by atoms with Gasteiger partial charge in [-0.1, -0.05) is 0 Å². The van der Waals surface area contributed by atoms with E-state index in [1.807, 2.05) is 0 Å². The molecule has 2 unspecified atom stereocenters. The molecule has 1 aliphatic heterocycles. The van der Waals surface area contributed by atoms with Gasteiger partial charge < -0.3 is 20.2 Å². The summed E-state index contributed by atoms with van der Waals surface area (Å²) in [6, 6.07) is -0.535. The SMILES string of the molecule is CNC(=O)CCN(C)C(=O)N1CCC(C(=O)O)C1C. The average Bonchev–Trinajstić information content (AvgIpc) is 2.76. The van der Waals surface area contributed by atoms with Crippen LogP contribution < -0.4 is 5.32 Å². The van der Waals surface area contributed by atoms with E-state index in [1.54, 1.807) is 25.9 Å². The number of hydrogen-bond donors (Lipinski definition) is 2. The monoisotopic (exact) mass is 271 g/mol. The largest absolute Gasteiger partial charge is 0.481 e. The molecular formula is C12H21N3O4. The fourth-order valence-electron chi connectivity index (χ4n) is 2.25. The van der Waals surface area contributed by atoms with Crippen molar-refractivity contribution in [3.63, 3.8) is 0 Å². The molecule has 0 aromatic carbocycles. The third kappa shape index (κ3) is 3.59. The number of likely N-dealkylation sites (tertiary alicyclic amines) is 1. The maximum atomic E-state index is 12.2. The van der Waals surface area contributed by atoms with Crippen LogP contribution in [-0.2, 0) is 9.59 Å². The van der Waals surface area contributed by atoms with E-state index in [4.69, 9.17) is 5.11 Å². The lowest BCUT2D eigenvalue weighted by molar-refractivity contribution is -0.142. The first-order valence-electron chi connectivity index (χ1n) is 6.33. The summed E-state index contributed by atoms with van der Waals surface area (Å²) in [4.78, 5) is 37.3. The van der Waals surface area contributed by atoms with Crippen molar-refractivity contribution in [3.8, 4) is 0 Å². The molecule has 7 heteroatoms. The Labute approximate surface area is 112 Å². The number of urea groups is 1. The van der Waals surface area contributed by atoms with Gasteiger partial charge in [-0.15, -0.1) is 0 Å². The second-order valence-electron chi connectivity index (χ2n) is 4.79. The molecule has 7 nitrogen and oxygen atoms in total. The van der Waals surface area contributed by atoms with E-state index in [0.29, 0.717) is 19.5 Å². The molecule has 0 spiro atoms. The van der Waals surface area contributed by atoms with Crippen LogP contribution in [0.5, 0.6) is 0 Å². The second-order valence-corrected chi connectivity index (χ2v) is 4.79. The number of aliphatic carboxylic acids is 1. The zero-order chi connectivity index (χ0) is 14.6. The fraction of sp³-hybridized carbons (Fsp3) is 0.750. The van der Waals surface area contributed by atoms with Gasteiger partial charge in [0.2, 0.25) is 5.91 Å². The Morgan fingerprint density at radius 3 is 2.53 bits per heavy atom. The average molecular weight is 271 g/mol. The second kappa shape index (κ2) is 6.40. The summed E-state index contributed by atoms with van der Waals surface area (Å²) >= 11 is 0. The predicted octanol–water partition coefficient (Wildman–Crippen LogP) is -0.0307.